The molecule has 1 aromatic carbocycles. The number of thiazole rings is 1. The van der Waals surface area contributed by atoms with Crippen molar-refractivity contribution in [2.45, 2.75) is 26.3 Å². The highest BCUT2D eigenvalue weighted by molar-refractivity contribution is 7.09. The number of aromatic nitrogens is 1. The molecular weight excluding hydrogens is 284 g/mol. The standard InChI is InChI=1S/C16H20N2O2S/c1-12-11-21-15(18-12)6-7-17-10-13-4-2-5-14-16(13)20-9-3-8-19-14/h2,4-5,11,17H,3,6-10H2,1H3. The van der Waals surface area contributed by atoms with Crippen LogP contribution in [0.15, 0.2) is 23.6 Å². The van der Waals surface area contributed by atoms with Crippen molar-refractivity contribution < 1.29 is 9.47 Å². The van der Waals surface area contributed by atoms with E-state index in [0.717, 1.165) is 61.9 Å². The average molecular weight is 304 g/mol. The van der Waals surface area contributed by atoms with Gasteiger partial charge in [-0.2, -0.15) is 0 Å². The summed E-state index contributed by atoms with van der Waals surface area (Å²) in [7, 11) is 0. The van der Waals surface area contributed by atoms with Crippen LogP contribution in [0.2, 0.25) is 0 Å². The molecule has 0 spiro atoms. The molecule has 3 rings (SSSR count). The van der Waals surface area contributed by atoms with Gasteiger partial charge in [0.25, 0.3) is 0 Å². The van der Waals surface area contributed by atoms with E-state index in [9.17, 15) is 0 Å². The Kier molecular flexibility index (Phi) is 4.72. The predicted octanol–water partition coefficient (Wildman–Crippen LogP) is 2.95. The van der Waals surface area contributed by atoms with E-state index in [1.54, 1.807) is 11.3 Å². The van der Waals surface area contributed by atoms with Gasteiger partial charge in [0, 0.05) is 42.6 Å². The molecule has 0 atom stereocenters. The van der Waals surface area contributed by atoms with Crippen molar-refractivity contribution in [2.75, 3.05) is 19.8 Å². The molecule has 0 fully saturated rings. The van der Waals surface area contributed by atoms with Crippen LogP contribution >= 0.6 is 11.3 Å². The summed E-state index contributed by atoms with van der Waals surface area (Å²) in [5.41, 5.74) is 2.26. The molecule has 0 saturated carbocycles. The number of para-hydroxylation sites is 1. The van der Waals surface area contributed by atoms with E-state index in [0.29, 0.717) is 0 Å². The molecule has 0 bridgehead atoms. The molecule has 1 N–H and O–H groups in total. The molecule has 112 valence electrons. The van der Waals surface area contributed by atoms with Gasteiger partial charge in [-0.15, -0.1) is 11.3 Å². The lowest BCUT2D eigenvalue weighted by Gasteiger charge is -2.12. The summed E-state index contributed by atoms with van der Waals surface area (Å²) in [5, 5.41) is 6.74. The van der Waals surface area contributed by atoms with Crippen LogP contribution in [0, 0.1) is 6.92 Å². The van der Waals surface area contributed by atoms with Gasteiger partial charge in [-0.25, -0.2) is 4.98 Å². The zero-order valence-electron chi connectivity index (χ0n) is 12.2. The van der Waals surface area contributed by atoms with Crippen LogP contribution in [-0.4, -0.2) is 24.7 Å². The Bertz CT molecular complexity index is 598. The van der Waals surface area contributed by atoms with E-state index in [4.69, 9.17) is 9.47 Å². The van der Waals surface area contributed by atoms with Gasteiger partial charge >= 0.3 is 0 Å². The number of hydrogen-bond donors (Lipinski definition) is 1. The zero-order chi connectivity index (χ0) is 14.5. The van der Waals surface area contributed by atoms with Crippen LogP contribution < -0.4 is 14.8 Å². The second-order valence-corrected chi connectivity index (χ2v) is 6.05. The van der Waals surface area contributed by atoms with Gasteiger partial charge < -0.3 is 14.8 Å². The number of aryl methyl sites for hydroxylation is 1. The van der Waals surface area contributed by atoms with Gasteiger partial charge in [-0.3, -0.25) is 0 Å². The minimum atomic E-state index is 0.725. The molecule has 21 heavy (non-hydrogen) atoms. The maximum Gasteiger partial charge on any atom is 0.165 e. The number of nitrogens with one attached hydrogen (secondary N) is 1. The second kappa shape index (κ2) is 6.91. The van der Waals surface area contributed by atoms with E-state index in [1.165, 1.54) is 5.01 Å². The van der Waals surface area contributed by atoms with Gasteiger partial charge in [0.1, 0.15) is 0 Å². The average Bonchev–Trinajstić information content (AvgIpc) is 2.75. The maximum absolute atomic E-state index is 5.82. The topological polar surface area (TPSA) is 43.4 Å². The fourth-order valence-electron chi connectivity index (χ4n) is 2.33. The SMILES string of the molecule is Cc1csc(CCNCc2cccc3c2OCCCO3)n1. The summed E-state index contributed by atoms with van der Waals surface area (Å²) < 4.78 is 11.5. The van der Waals surface area contributed by atoms with E-state index in [-0.39, 0.29) is 0 Å². The number of fused-ring (bicyclic) bond motifs is 1. The minimum absolute atomic E-state index is 0.725. The Labute approximate surface area is 129 Å². The largest absolute Gasteiger partial charge is 0.490 e. The van der Waals surface area contributed by atoms with Crippen LogP contribution in [0.1, 0.15) is 22.7 Å². The van der Waals surface area contributed by atoms with Gasteiger partial charge in [-0.1, -0.05) is 12.1 Å². The summed E-state index contributed by atoms with van der Waals surface area (Å²) in [6, 6.07) is 6.09. The summed E-state index contributed by atoms with van der Waals surface area (Å²) in [5.74, 6) is 1.76. The molecule has 0 amide bonds. The lowest BCUT2D eigenvalue weighted by Crippen LogP contribution is -2.17. The van der Waals surface area contributed by atoms with E-state index >= 15 is 0 Å². The second-order valence-electron chi connectivity index (χ2n) is 5.10. The fraction of sp³-hybridized carbons (Fsp3) is 0.438. The Morgan fingerprint density at radius 3 is 3.05 bits per heavy atom. The molecule has 1 aliphatic heterocycles. The molecule has 4 nitrogen and oxygen atoms in total. The van der Waals surface area contributed by atoms with Crippen LogP contribution in [-0.2, 0) is 13.0 Å². The molecule has 2 aromatic rings. The zero-order valence-corrected chi connectivity index (χ0v) is 13.0. The Balaban J connectivity index is 1.55. The summed E-state index contributed by atoms with van der Waals surface area (Å²) in [4.78, 5) is 4.47. The van der Waals surface area contributed by atoms with E-state index in [2.05, 4.69) is 21.7 Å². The Morgan fingerprint density at radius 2 is 2.19 bits per heavy atom. The minimum Gasteiger partial charge on any atom is -0.490 e. The van der Waals surface area contributed by atoms with Crippen molar-refractivity contribution in [3.63, 3.8) is 0 Å². The van der Waals surface area contributed by atoms with Crippen LogP contribution in [0.5, 0.6) is 11.5 Å². The lowest BCUT2D eigenvalue weighted by atomic mass is 10.2. The van der Waals surface area contributed by atoms with Gasteiger partial charge in [0.15, 0.2) is 11.5 Å². The van der Waals surface area contributed by atoms with Crippen molar-refractivity contribution in [2.24, 2.45) is 0 Å². The highest BCUT2D eigenvalue weighted by Crippen LogP contribution is 2.33. The molecule has 0 saturated heterocycles. The van der Waals surface area contributed by atoms with Crippen molar-refractivity contribution in [3.05, 3.63) is 39.8 Å². The van der Waals surface area contributed by atoms with Crippen LogP contribution in [0.3, 0.4) is 0 Å². The first-order valence-corrected chi connectivity index (χ1v) is 8.20. The molecule has 0 unspecified atom stereocenters. The van der Waals surface area contributed by atoms with Crippen molar-refractivity contribution in [1.82, 2.24) is 10.3 Å². The number of nitrogens with zero attached hydrogens (tertiary/aromatic N) is 1. The third-order valence-corrected chi connectivity index (χ3v) is 4.38. The number of benzene rings is 1. The molecule has 0 aliphatic carbocycles. The highest BCUT2D eigenvalue weighted by atomic mass is 32.1. The number of rotatable bonds is 5. The predicted molar refractivity (Wildman–Crippen MR) is 84.3 cm³/mol. The number of ether oxygens (including phenoxy) is 2. The summed E-state index contributed by atoms with van der Waals surface area (Å²) in [6.45, 7) is 5.19. The molecule has 2 heterocycles. The third-order valence-electron chi connectivity index (χ3n) is 3.35. The van der Waals surface area contributed by atoms with Gasteiger partial charge in [-0.05, 0) is 13.0 Å². The molecular formula is C16H20N2O2S. The molecule has 5 heteroatoms. The Hall–Kier alpha value is -1.59. The maximum atomic E-state index is 5.82. The smallest absolute Gasteiger partial charge is 0.165 e. The highest BCUT2D eigenvalue weighted by Gasteiger charge is 2.13. The molecule has 0 radical (unpaired) electrons. The molecule has 1 aromatic heterocycles. The molecule has 1 aliphatic rings. The lowest BCUT2D eigenvalue weighted by molar-refractivity contribution is 0.296. The van der Waals surface area contributed by atoms with Crippen molar-refractivity contribution in [3.8, 4) is 11.5 Å². The van der Waals surface area contributed by atoms with Crippen LogP contribution in [0.4, 0.5) is 0 Å². The Morgan fingerprint density at radius 1 is 1.29 bits per heavy atom. The monoisotopic (exact) mass is 304 g/mol. The quantitative estimate of drug-likeness (QED) is 0.863. The first-order valence-electron chi connectivity index (χ1n) is 7.32. The normalized spacial score (nSPS) is 14.0. The van der Waals surface area contributed by atoms with E-state index < -0.39 is 0 Å². The van der Waals surface area contributed by atoms with Gasteiger partial charge in [0.2, 0.25) is 0 Å². The first-order chi connectivity index (χ1) is 10.3. The van der Waals surface area contributed by atoms with E-state index in [1.807, 2.05) is 19.1 Å². The van der Waals surface area contributed by atoms with Crippen molar-refractivity contribution >= 4 is 11.3 Å². The van der Waals surface area contributed by atoms with Gasteiger partial charge in [0.05, 0.1) is 18.2 Å². The number of hydrogen-bond acceptors (Lipinski definition) is 5. The first kappa shape index (κ1) is 14.4. The third kappa shape index (κ3) is 3.74. The summed E-state index contributed by atoms with van der Waals surface area (Å²) >= 11 is 1.73. The summed E-state index contributed by atoms with van der Waals surface area (Å²) in [6.07, 6.45) is 1.90. The van der Waals surface area contributed by atoms with Crippen LogP contribution in [0.25, 0.3) is 0 Å². The van der Waals surface area contributed by atoms with Crippen molar-refractivity contribution in [1.29, 1.82) is 0 Å². The fourth-order valence-corrected chi connectivity index (χ4v) is 3.11.